The maximum Gasteiger partial charge on any atom is 0.196 e. The lowest BCUT2D eigenvalue weighted by atomic mass is 10.2. The number of nitriles is 1. The van der Waals surface area contributed by atoms with Crippen molar-refractivity contribution in [3.05, 3.63) is 64.7 Å². The molecule has 0 bridgehead atoms. The summed E-state index contributed by atoms with van der Waals surface area (Å²) in [5, 5.41) is 15.7. The third kappa shape index (κ3) is 4.00. The Hall–Kier alpha value is -3.24. The van der Waals surface area contributed by atoms with Crippen molar-refractivity contribution in [1.29, 1.82) is 5.26 Å². The normalized spacial score (nSPS) is 11.0. The Kier molecular flexibility index (Phi) is 5.02. The summed E-state index contributed by atoms with van der Waals surface area (Å²) in [7, 11) is 1.60. The second-order valence-corrected chi connectivity index (χ2v) is 5.82. The van der Waals surface area contributed by atoms with Gasteiger partial charge in [-0.15, -0.1) is 11.3 Å². The van der Waals surface area contributed by atoms with E-state index >= 15 is 0 Å². The highest BCUT2D eigenvalue weighted by Crippen LogP contribution is 2.25. The zero-order chi connectivity index (χ0) is 17.6. The zero-order valence-corrected chi connectivity index (χ0v) is 14.0. The Balaban J connectivity index is 1.82. The molecule has 0 aliphatic heterocycles. The molecule has 1 N–H and O–H groups in total. The number of ether oxygens (including phenoxy) is 1. The smallest absolute Gasteiger partial charge is 0.196 e. The molecule has 0 aliphatic carbocycles. The lowest BCUT2D eigenvalue weighted by Crippen LogP contribution is -2.01. The van der Waals surface area contributed by atoms with Crippen LogP contribution in [-0.2, 0) is 0 Å². The Morgan fingerprint density at radius 3 is 2.80 bits per heavy atom. The quantitative estimate of drug-likeness (QED) is 0.549. The molecule has 0 aliphatic rings. The summed E-state index contributed by atoms with van der Waals surface area (Å²) in [6.07, 6.45) is 0. The Bertz CT molecular complexity index is 944. The number of benzene rings is 2. The maximum atomic E-state index is 12.9. The summed E-state index contributed by atoms with van der Waals surface area (Å²) in [5.41, 5.74) is 5.11. The van der Waals surface area contributed by atoms with E-state index in [4.69, 9.17) is 4.74 Å². The monoisotopic (exact) mass is 352 g/mol. The summed E-state index contributed by atoms with van der Waals surface area (Å²) in [5.74, 6) is 0.400. The number of hydrazone groups is 1. The SMILES string of the molecule is COc1cccc(-c2csc(/C(C#N)=N\Nc3ccc(F)cc3)n2)c1. The van der Waals surface area contributed by atoms with E-state index in [0.717, 1.165) is 17.0 Å². The molecule has 3 rings (SSSR count). The Morgan fingerprint density at radius 2 is 2.08 bits per heavy atom. The van der Waals surface area contributed by atoms with Crippen molar-refractivity contribution in [2.24, 2.45) is 5.10 Å². The van der Waals surface area contributed by atoms with E-state index in [2.05, 4.69) is 15.5 Å². The molecule has 0 radical (unpaired) electrons. The molecule has 1 heterocycles. The molecular formula is C18H13FN4OS. The van der Waals surface area contributed by atoms with Crippen LogP contribution in [0.1, 0.15) is 5.01 Å². The number of hydrogen-bond donors (Lipinski definition) is 1. The minimum absolute atomic E-state index is 0.156. The summed E-state index contributed by atoms with van der Waals surface area (Å²) < 4.78 is 18.1. The molecule has 0 atom stereocenters. The molecule has 124 valence electrons. The first kappa shape index (κ1) is 16.6. The lowest BCUT2D eigenvalue weighted by Gasteiger charge is -2.01. The minimum Gasteiger partial charge on any atom is -0.497 e. The fourth-order valence-corrected chi connectivity index (χ4v) is 2.83. The molecular weight excluding hydrogens is 339 g/mol. The van der Waals surface area contributed by atoms with Crippen LogP contribution in [0, 0.1) is 17.1 Å². The van der Waals surface area contributed by atoms with Gasteiger partial charge in [-0.3, -0.25) is 5.43 Å². The van der Waals surface area contributed by atoms with Gasteiger partial charge in [-0.1, -0.05) is 12.1 Å². The third-order valence-corrected chi connectivity index (χ3v) is 4.17. The van der Waals surface area contributed by atoms with Gasteiger partial charge in [0.2, 0.25) is 0 Å². The van der Waals surface area contributed by atoms with Crippen LogP contribution in [0.3, 0.4) is 0 Å². The van der Waals surface area contributed by atoms with Crippen LogP contribution < -0.4 is 10.2 Å². The second-order valence-electron chi connectivity index (χ2n) is 4.96. The van der Waals surface area contributed by atoms with Gasteiger partial charge in [-0.2, -0.15) is 10.4 Å². The molecule has 0 saturated carbocycles. The van der Waals surface area contributed by atoms with Crippen molar-refractivity contribution in [1.82, 2.24) is 4.98 Å². The standard InChI is InChI=1S/C18H13FN4OS/c1-24-15-4-2-3-12(9-15)17-11-25-18(21-17)16(10-20)23-22-14-7-5-13(19)6-8-14/h2-9,11,22H,1H3/b23-16-. The molecule has 0 fully saturated rings. The number of nitrogens with one attached hydrogen (secondary N) is 1. The summed E-state index contributed by atoms with van der Waals surface area (Å²) >= 11 is 1.32. The summed E-state index contributed by atoms with van der Waals surface area (Å²) in [6, 6.07) is 15.3. The molecule has 2 aromatic carbocycles. The Labute approximate surface area is 148 Å². The fraction of sp³-hybridized carbons (Fsp3) is 0.0556. The van der Waals surface area contributed by atoms with Crippen molar-refractivity contribution in [2.45, 2.75) is 0 Å². The van der Waals surface area contributed by atoms with E-state index in [0.29, 0.717) is 10.7 Å². The minimum atomic E-state index is -0.335. The number of thiazole rings is 1. The molecule has 5 nitrogen and oxygen atoms in total. The van der Waals surface area contributed by atoms with Gasteiger partial charge in [-0.05, 0) is 36.4 Å². The van der Waals surface area contributed by atoms with Crippen LogP contribution in [0.2, 0.25) is 0 Å². The summed E-state index contributed by atoms with van der Waals surface area (Å²) in [4.78, 5) is 4.46. The van der Waals surface area contributed by atoms with Crippen LogP contribution in [0.5, 0.6) is 5.75 Å². The van der Waals surface area contributed by atoms with Gasteiger partial charge in [0, 0.05) is 10.9 Å². The fourth-order valence-electron chi connectivity index (χ4n) is 2.06. The highest BCUT2D eigenvalue weighted by molar-refractivity contribution is 7.12. The Morgan fingerprint density at radius 1 is 1.28 bits per heavy atom. The average Bonchev–Trinajstić information content (AvgIpc) is 3.14. The molecule has 0 unspecified atom stereocenters. The van der Waals surface area contributed by atoms with E-state index in [-0.39, 0.29) is 11.5 Å². The lowest BCUT2D eigenvalue weighted by molar-refractivity contribution is 0.415. The molecule has 1 aromatic heterocycles. The molecule has 0 amide bonds. The van der Waals surface area contributed by atoms with Crippen LogP contribution >= 0.6 is 11.3 Å². The van der Waals surface area contributed by atoms with Crippen molar-refractivity contribution in [2.75, 3.05) is 12.5 Å². The molecule has 0 saturated heterocycles. The molecule has 25 heavy (non-hydrogen) atoms. The summed E-state index contributed by atoms with van der Waals surface area (Å²) in [6.45, 7) is 0. The van der Waals surface area contributed by atoms with Crippen LogP contribution in [0.4, 0.5) is 10.1 Å². The number of aromatic nitrogens is 1. The number of halogens is 1. The third-order valence-electron chi connectivity index (χ3n) is 3.32. The van der Waals surface area contributed by atoms with E-state index in [1.165, 1.54) is 35.6 Å². The van der Waals surface area contributed by atoms with Crippen LogP contribution in [-0.4, -0.2) is 17.8 Å². The molecule has 7 heteroatoms. The highest BCUT2D eigenvalue weighted by atomic mass is 32.1. The highest BCUT2D eigenvalue weighted by Gasteiger charge is 2.11. The second kappa shape index (κ2) is 7.55. The number of rotatable bonds is 5. The number of nitrogens with zero attached hydrogens (tertiary/aromatic N) is 3. The maximum absolute atomic E-state index is 12.9. The first-order valence-electron chi connectivity index (χ1n) is 7.29. The van der Waals surface area contributed by atoms with Gasteiger partial charge < -0.3 is 4.74 Å². The average molecular weight is 352 g/mol. The van der Waals surface area contributed by atoms with Gasteiger partial charge in [-0.25, -0.2) is 9.37 Å². The number of methoxy groups -OCH3 is 1. The van der Waals surface area contributed by atoms with Crippen molar-refractivity contribution >= 4 is 22.7 Å². The topological polar surface area (TPSA) is 70.3 Å². The van der Waals surface area contributed by atoms with Crippen molar-refractivity contribution in [3.8, 4) is 23.1 Å². The van der Waals surface area contributed by atoms with Gasteiger partial charge in [0.15, 0.2) is 10.7 Å². The predicted octanol–water partition coefficient (Wildman–Crippen LogP) is 4.30. The number of hydrogen-bond acceptors (Lipinski definition) is 6. The number of anilines is 1. The van der Waals surface area contributed by atoms with Gasteiger partial charge in [0.25, 0.3) is 0 Å². The first-order chi connectivity index (χ1) is 12.2. The van der Waals surface area contributed by atoms with Crippen molar-refractivity contribution in [3.63, 3.8) is 0 Å². The van der Waals surface area contributed by atoms with E-state index in [9.17, 15) is 9.65 Å². The van der Waals surface area contributed by atoms with Gasteiger partial charge in [0.05, 0.1) is 18.5 Å². The van der Waals surface area contributed by atoms with Crippen LogP contribution in [0.15, 0.2) is 59.0 Å². The molecule has 0 spiro atoms. The van der Waals surface area contributed by atoms with E-state index in [1.807, 2.05) is 35.7 Å². The van der Waals surface area contributed by atoms with Crippen LogP contribution in [0.25, 0.3) is 11.3 Å². The predicted molar refractivity (Wildman–Crippen MR) is 96.3 cm³/mol. The van der Waals surface area contributed by atoms with E-state index < -0.39 is 0 Å². The van der Waals surface area contributed by atoms with Crippen molar-refractivity contribution < 1.29 is 9.13 Å². The zero-order valence-electron chi connectivity index (χ0n) is 13.2. The first-order valence-corrected chi connectivity index (χ1v) is 8.17. The van der Waals surface area contributed by atoms with Gasteiger partial charge in [0.1, 0.15) is 17.6 Å². The van der Waals surface area contributed by atoms with E-state index in [1.54, 1.807) is 7.11 Å². The van der Waals surface area contributed by atoms with Gasteiger partial charge >= 0.3 is 0 Å². The largest absolute Gasteiger partial charge is 0.497 e. The molecule has 3 aromatic rings.